The first-order valence-corrected chi connectivity index (χ1v) is 5.73. The molecule has 0 radical (unpaired) electrons. The fourth-order valence-electron chi connectivity index (χ4n) is 2.20. The number of ether oxygens (including phenoxy) is 1. The second kappa shape index (κ2) is 4.72. The van der Waals surface area contributed by atoms with Crippen molar-refractivity contribution in [2.75, 3.05) is 12.4 Å². The van der Waals surface area contributed by atoms with Crippen LogP contribution in [0, 0.1) is 0 Å². The predicted octanol–water partition coefficient (Wildman–Crippen LogP) is 1.07. The summed E-state index contributed by atoms with van der Waals surface area (Å²) in [7, 11) is 1.17. The zero-order valence-electron chi connectivity index (χ0n) is 10.3. The average Bonchev–Trinajstić information content (AvgIpc) is 2.70. The minimum atomic E-state index is -1.63. The Morgan fingerprint density at radius 1 is 1.37 bits per heavy atom. The highest BCUT2D eigenvalue weighted by Crippen LogP contribution is 2.36. The summed E-state index contributed by atoms with van der Waals surface area (Å²) in [4.78, 5) is 35.0. The highest BCUT2D eigenvalue weighted by Gasteiger charge is 2.52. The molecule has 0 fully saturated rings. The molecule has 1 aliphatic heterocycles. The number of Topliss-reactive ketones (excluding diaryl/α,β-unsaturated/α-hetero) is 1. The molecule has 6 heteroatoms. The number of nitrogens with one attached hydrogen (secondary N) is 1. The smallest absolute Gasteiger partial charge is 0.339 e. The summed E-state index contributed by atoms with van der Waals surface area (Å²) < 4.78 is 4.66. The lowest BCUT2D eigenvalue weighted by molar-refractivity contribution is -0.144. The van der Waals surface area contributed by atoms with Gasteiger partial charge in [-0.25, -0.2) is 4.79 Å². The van der Waals surface area contributed by atoms with Gasteiger partial charge in [0.05, 0.1) is 7.11 Å². The van der Waals surface area contributed by atoms with E-state index in [2.05, 4.69) is 10.1 Å². The van der Waals surface area contributed by atoms with Crippen LogP contribution in [0.3, 0.4) is 0 Å². The van der Waals surface area contributed by atoms with Gasteiger partial charge in [-0.1, -0.05) is 12.1 Å². The van der Waals surface area contributed by atoms with Crippen molar-refractivity contribution in [2.45, 2.75) is 18.4 Å². The molecule has 0 amide bonds. The number of hydrogen-bond donors (Lipinski definition) is 2. The van der Waals surface area contributed by atoms with Crippen molar-refractivity contribution in [1.29, 1.82) is 0 Å². The van der Waals surface area contributed by atoms with Gasteiger partial charge in [-0.15, -0.1) is 0 Å². The summed E-state index contributed by atoms with van der Waals surface area (Å²) >= 11 is 0. The van der Waals surface area contributed by atoms with Crippen molar-refractivity contribution >= 4 is 23.4 Å². The van der Waals surface area contributed by atoms with E-state index in [0.717, 1.165) is 0 Å². The van der Waals surface area contributed by atoms with Crippen molar-refractivity contribution in [2.24, 2.45) is 0 Å². The molecule has 1 aliphatic rings. The van der Waals surface area contributed by atoms with Crippen LogP contribution in [0.4, 0.5) is 5.69 Å². The van der Waals surface area contributed by atoms with E-state index in [1.165, 1.54) is 7.11 Å². The summed E-state index contributed by atoms with van der Waals surface area (Å²) in [5, 5.41) is 11.6. The van der Waals surface area contributed by atoms with Crippen LogP contribution in [0.25, 0.3) is 0 Å². The van der Waals surface area contributed by atoms with E-state index in [-0.39, 0.29) is 12.8 Å². The maximum atomic E-state index is 12.4. The number of carboxylic acids is 1. The van der Waals surface area contributed by atoms with E-state index in [9.17, 15) is 14.4 Å². The lowest BCUT2D eigenvalue weighted by Gasteiger charge is -2.24. The van der Waals surface area contributed by atoms with E-state index in [1.54, 1.807) is 24.3 Å². The van der Waals surface area contributed by atoms with Crippen molar-refractivity contribution in [3.05, 3.63) is 29.8 Å². The molecular formula is C13H13NO5. The lowest BCUT2D eigenvalue weighted by Crippen LogP contribution is -2.50. The molecule has 0 saturated heterocycles. The predicted molar refractivity (Wildman–Crippen MR) is 66.0 cm³/mol. The maximum absolute atomic E-state index is 12.4. The summed E-state index contributed by atoms with van der Waals surface area (Å²) in [6.07, 6.45) is -0.454. The van der Waals surface area contributed by atoms with Crippen LogP contribution in [0.15, 0.2) is 24.3 Å². The highest BCUT2D eigenvalue weighted by molar-refractivity contribution is 6.24. The number of hydrogen-bond acceptors (Lipinski definition) is 5. The van der Waals surface area contributed by atoms with E-state index >= 15 is 0 Å². The number of fused-ring (bicyclic) bond motifs is 1. The molecule has 100 valence electrons. The van der Waals surface area contributed by atoms with Crippen LogP contribution >= 0.6 is 0 Å². The molecule has 19 heavy (non-hydrogen) atoms. The average molecular weight is 263 g/mol. The number of methoxy groups -OCH3 is 1. The Balaban J connectivity index is 2.39. The molecule has 0 aromatic heterocycles. The second-order valence-electron chi connectivity index (χ2n) is 4.29. The number of ketones is 1. The SMILES string of the molecule is COC(=O)C1(CCC(=O)O)Nc2ccccc2C1=O. The number of carbonyl (C=O) groups is 3. The minimum absolute atomic E-state index is 0.150. The normalized spacial score (nSPS) is 20.6. The quantitative estimate of drug-likeness (QED) is 0.623. The molecule has 0 bridgehead atoms. The number of rotatable bonds is 4. The Bertz CT molecular complexity index is 554. The molecule has 1 heterocycles. The van der Waals surface area contributed by atoms with Crippen molar-refractivity contribution in [1.82, 2.24) is 0 Å². The Morgan fingerprint density at radius 3 is 2.63 bits per heavy atom. The summed E-state index contributed by atoms with van der Waals surface area (Å²) in [6.45, 7) is 0. The van der Waals surface area contributed by atoms with Crippen molar-refractivity contribution in [3.8, 4) is 0 Å². The molecule has 2 N–H and O–H groups in total. The Morgan fingerprint density at radius 2 is 2.05 bits per heavy atom. The van der Waals surface area contributed by atoms with E-state index in [4.69, 9.17) is 5.11 Å². The van der Waals surface area contributed by atoms with E-state index in [0.29, 0.717) is 11.3 Å². The molecule has 1 atom stereocenters. The molecule has 1 aromatic carbocycles. The van der Waals surface area contributed by atoms with Crippen LogP contribution < -0.4 is 5.32 Å². The maximum Gasteiger partial charge on any atom is 0.339 e. The Kier molecular flexibility index (Phi) is 3.25. The first-order valence-electron chi connectivity index (χ1n) is 5.73. The monoisotopic (exact) mass is 263 g/mol. The van der Waals surface area contributed by atoms with Gasteiger partial charge in [0, 0.05) is 17.7 Å². The van der Waals surface area contributed by atoms with Gasteiger partial charge in [-0.3, -0.25) is 9.59 Å². The number of para-hydroxylation sites is 1. The lowest BCUT2D eigenvalue weighted by atomic mass is 9.88. The van der Waals surface area contributed by atoms with Gasteiger partial charge in [0.2, 0.25) is 5.78 Å². The third-order valence-electron chi connectivity index (χ3n) is 3.16. The van der Waals surface area contributed by atoms with Crippen LogP contribution in [0.1, 0.15) is 23.2 Å². The number of anilines is 1. The zero-order valence-corrected chi connectivity index (χ0v) is 10.3. The van der Waals surface area contributed by atoms with Crippen molar-refractivity contribution in [3.63, 3.8) is 0 Å². The molecule has 1 unspecified atom stereocenters. The third kappa shape index (κ3) is 2.05. The molecule has 0 saturated carbocycles. The Hall–Kier alpha value is -2.37. The number of carboxylic acid groups (broad SMARTS) is 1. The number of benzene rings is 1. The van der Waals surface area contributed by atoms with Gasteiger partial charge >= 0.3 is 11.9 Å². The minimum Gasteiger partial charge on any atom is -0.481 e. The Labute approximate surface area is 109 Å². The van der Waals surface area contributed by atoms with Gasteiger partial charge in [-0.05, 0) is 18.6 Å². The van der Waals surface area contributed by atoms with Crippen LogP contribution in [0.2, 0.25) is 0 Å². The molecule has 6 nitrogen and oxygen atoms in total. The van der Waals surface area contributed by atoms with E-state index < -0.39 is 23.3 Å². The zero-order chi connectivity index (χ0) is 14.0. The molecule has 0 spiro atoms. The molecule has 1 aromatic rings. The summed E-state index contributed by atoms with van der Waals surface area (Å²) in [5.41, 5.74) is -0.738. The topological polar surface area (TPSA) is 92.7 Å². The van der Waals surface area contributed by atoms with Crippen molar-refractivity contribution < 1.29 is 24.2 Å². The summed E-state index contributed by atoms with van der Waals surface area (Å²) in [6, 6.07) is 6.67. The number of esters is 1. The number of aliphatic carboxylic acids is 1. The third-order valence-corrected chi connectivity index (χ3v) is 3.16. The van der Waals surface area contributed by atoms with Crippen LogP contribution in [-0.2, 0) is 14.3 Å². The molecule has 2 rings (SSSR count). The first kappa shape index (κ1) is 13.1. The molecule has 0 aliphatic carbocycles. The van der Waals surface area contributed by atoms with Gasteiger partial charge in [-0.2, -0.15) is 0 Å². The van der Waals surface area contributed by atoms with Crippen LogP contribution in [-0.4, -0.2) is 35.5 Å². The van der Waals surface area contributed by atoms with Gasteiger partial charge in [0.1, 0.15) is 0 Å². The fourth-order valence-corrected chi connectivity index (χ4v) is 2.20. The van der Waals surface area contributed by atoms with E-state index in [1.807, 2.05) is 0 Å². The molecular weight excluding hydrogens is 250 g/mol. The highest BCUT2D eigenvalue weighted by atomic mass is 16.5. The largest absolute Gasteiger partial charge is 0.481 e. The van der Waals surface area contributed by atoms with Crippen LogP contribution in [0.5, 0.6) is 0 Å². The summed E-state index contributed by atoms with van der Waals surface area (Å²) in [5.74, 6) is -2.29. The standard InChI is InChI=1S/C13H13NO5/c1-19-12(18)13(7-6-10(15)16)11(17)8-4-2-3-5-9(8)14-13/h2-5,14H,6-7H2,1H3,(H,15,16). The fraction of sp³-hybridized carbons (Fsp3) is 0.308. The van der Waals surface area contributed by atoms with Gasteiger partial charge in [0.25, 0.3) is 0 Å². The van der Waals surface area contributed by atoms with Gasteiger partial charge in [0.15, 0.2) is 5.54 Å². The number of carbonyl (C=O) groups excluding carboxylic acids is 2. The second-order valence-corrected chi connectivity index (χ2v) is 4.29. The first-order chi connectivity index (χ1) is 9.01. The van der Waals surface area contributed by atoms with Gasteiger partial charge < -0.3 is 15.2 Å².